The fourth-order valence-corrected chi connectivity index (χ4v) is 1.44. The molecule has 118 valence electrons. The molecule has 1 atom stereocenters. The van der Waals surface area contributed by atoms with Gasteiger partial charge in [-0.15, -0.1) is 0 Å². The number of carbonyl (C=O) groups is 2. The van der Waals surface area contributed by atoms with Gasteiger partial charge >= 0.3 is 11.9 Å². The molecule has 7 nitrogen and oxygen atoms in total. The lowest BCUT2D eigenvalue weighted by atomic mass is 10.2. The number of para-hydroxylation sites is 1. The second-order valence-electron chi connectivity index (χ2n) is 4.16. The summed E-state index contributed by atoms with van der Waals surface area (Å²) >= 11 is 0. The summed E-state index contributed by atoms with van der Waals surface area (Å²) in [7, 11) is 3.40. The molecule has 0 aliphatic rings. The van der Waals surface area contributed by atoms with E-state index in [0.717, 1.165) is 18.9 Å². The minimum Gasteiger partial charge on any atom is -0.496 e. The highest BCUT2D eigenvalue weighted by Crippen LogP contribution is 2.16. The first-order valence-electron chi connectivity index (χ1n) is 6.22. The topological polar surface area (TPSA) is 105 Å². The Morgan fingerprint density at radius 2 is 1.76 bits per heavy atom. The molecule has 1 unspecified atom stereocenters. The standard InChI is InChI=1S/C12H19NO2.C2H2O4/c1-10(9-14-2)13-8-11-6-4-5-7-12(11)15-3;3-1(4)2(5)6/h4-7,10,13H,8-9H2,1-3H3;(H,3,4)(H,5,6). The van der Waals surface area contributed by atoms with E-state index in [1.54, 1.807) is 14.2 Å². The monoisotopic (exact) mass is 299 g/mol. The fourth-order valence-electron chi connectivity index (χ4n) is 1.44. The van der Waals surface area contributed by atoms with Crippen molar-refractivity contribution in [3.63, 3.8) is 0 Å². The molecule has 0 aliphatic heterocycles. The molecule has 0 spiro atoms. The van der Waals surface area contributed by atoms with Crippen molar-refractivity contribution in [2.24, 2.45) is 0 Å². The van der Waals surface area contributed by atoms with E-state index in [-0.39, 0.29) is 0 Å². The third kappa shape index (κ3) is 8.61. The number of carboxylic acids is 2. The fraction of sp³-hybridized carbons (Fsp3) is 0.429. The van der Waals surface area contributed by atoms with Crippen molar-refractivity contribution in [2.45, 2.75) is 19.5 Å². The summed E-state index contributed by atoms with van der Waals surface area (Å²) in [5.41, 5.74) is 1.17. The molecule has 0 aromatic heterocycles. The molecule has 0 saturated carbocycles. The molecule has 0 fully saturated rings. The van der Waals surface area contributed by atoms with Gasteiger partial charge in [-0.25, -0.2) is 9.59 Å². The molecular weight excluding hydrogens is 278 g/mol. The smallest absolute Gasteiger partial charge is 0.414 e. The van der Waals surface area contributed by atoms with Crippen LogP contribution in [-0.4, -0.2) is 49.0 Å². The van der Waals surface area contributed by atoms with Crippen molar-refractivity contribution in [3.05, 3.63) is 29.8 Å². The van der Waals surface area contributed by atoms with Crippen molar-refractivity contribution in [1.82, 2.24) is 5.32 Å². The second-order valence-corrected chi connectivity index (χ2v) is 4.16. The maximum absolute atomic E-state index is 9.10. The van der Waals surface area contributed by atoms with Crippen LogP contribution in [-0.2, 0) is 20.9 Å². The van der Waals surface area contributed by atoms with Crippen molar-refractivity contribution in [3.8, 4) is 5.75 Å². The van der Waals surface area contributed by atoms with Crippen LogP contribution in [0, 0.1) is 0 Å². The van der Waals surface area contributed by atoms with Crippen LogP contribution in [0.4, 0.5) is 0 Å². The van der Waals surface area contributed by atoms with E-state index in [9.17, 15) is 0 Å². The molecule has 0 heterocycles. The third-order valence-electron chi connectivity index (χ3n) is 2.43. The van der Waals surface area contributed by atoms with E-state index in [2.05, 4.69) is 18.3 Å². The average molecular weight is 299 g/mol. The van der Waals surface area contributed by atoms with E-state index >= 15 is 0 Å². The first-order chi connectivity index (χ1) is 9.92. The first-order valence-corrected chi connectivity index (χ1v) is 6.22. The number of rotatable bonds is 6. The van der Waals surface area contributed by atoms with E-state index in [1.807, 2.05) is 18.2 Å². The Bertz CT molecular complexity index is 437. The summed E-state index contributed by atoms with van der Waals surface area (Å²) < 4.78 is 10.3. The lowest BCUT2D eigenvalue weighted by Gasteiger charge is -2.14. The van der Waals surface area contributed by atoms with Crippen LogP contribution >= 0.6 is 0 Å². The lowest BCUT2D eigenvalue weighted by molar-refractivity contribution is -0.159. The Morgan fingerprint density at radius 1 is 1.19 bits per heavy atom. The predicted molar refractivity (Wildman–Crippen MR) is 76.4 cm³/mol. The highest BCUT2D eigenvalue weighted by molar-refractivity contribution is 6.27. The lowest BCUT2D eigenvalue weighted by Crippen LogP contribution is -2.29. The second kappa shape index (κ2) is 10.6. The van der Waals surface area contributed by atoms with Gasteiger partial charge in [-0.2, -0.15) is 0 Å². The summed E-state index contributed by atoms with van der Waals surface area (Å²) in [4.78, 5) is 18.2. The molecule has 1 aromatic carbocycles. The van der Waals surface area contributed by atoms with E-state index in [1.165, 1.54) is 5.56 Å². The maximum Gasteiger partial charge on any atom is 0.414 e. The van der Waals surface area contributed by atoms with E-state index in [4.69, 9.17) is 29.3 Å². The van der Waals surface area contributed by atoms with Gasteiger partial charge in [-0.3, -0.25) is 0 Å². The predicted octanol–water partition coefficient (Wildman–Crippen LogP) is 0.975. The van der Waals surface area contributed by atoms with Crippen LogP contribution in [0.1, 0.15) is 12.5 Å². The molecule has 0 radical (unpaired) electrons. The zero-order valence-electron chi connectivity index (χ0n) is 12.3. The average Bonchev–Trinajstić information content (AvgIpc) is 2.46. The Hall–Kier alpha value is -2.12. The highest BCUT2D eigenvalue weighted by Gasteiger charge is 2.04. The molecule has 21 heavy (non-hydrogen) atoms. The van der Waals surface area contributed by atoms with Gasteiger partial charge in [0.25, 0.3) is 0 Å². The zero-order valence-corrected chi connectivity index (χ0v) is 12.3. The van der Waals surface area contributed by atoms with Gasteiger partial charge in [0.15, 0.2) is 0 Å². The summed E-state index contributed by atoms with van der Waals surface area (Å²) in [6.07, 6.45) is 0. The van der Waals surface area contributed by atoms with E-state index < -0.39 is 11.9 Å². The number of hydrogen-bond acceptors (Lipinski definition) is 5. The van der Waals surface area contributed by atoms with Gasteiger partial charge in [-0.05, 0) is 13.0 Å². The SMILES string of the molecule is COCC(C)NCc1ccccc1OC.O=C(O)C(=O)O. The van der Waals surface area contributed by atoms with Gasteiger partial charge < -0.3 is 25.0 Å². The summed E-state index contributed by atoms with van der Waals surface area (Å²) in [5.74, 6) is -2.72. The first kappa shape index (κ1) is 18.9. The number of carboxylic acid groups (broad SMARTS) is 2. The third-order valence-corrected chi connectivity index (χ3v) is 2.43. The van der Waals surface area contributed by atoms with Crippen molar-refractivity contribution >= 4 is 11.9 Å². The summed E-state index contributed by atoms with van der Waals surface area (Å²) in [5, 5.41) is 18.2. The van der Waals surface area contributed by atoms with Gasteiger partial charge in [0, 0.05) is 25.3 Å². The normalized spacial score (nSPS) is 11.0. The molecule has 3 N–H and O–H groups in total. The molecular formula is C14H21NO6. The molecule has 1 rings (SSSR count). The van der Waals surface area contributed by atoms with Gasteiger partial charge in [0.1, 0.15) is 5.75 Å². The molecule has 7 heteroatoms. The number of aliphatic carboxylic acids is 2. The zero-order chi connectivity index (χ0) is 16.3. The molecule has 0 bridgehead atoms. The molecule has 0 aliphatic carbocycles. The Morgan fingerprint density at radius 3 is 2.24 bits per heavy atom. The highest BCUT2D eigenvalue weighted by atomic mass is 16.5. The van der Waals surface area contributed by atoms with Crippen LogP contribution in [0.15, 0.2) is 24.3 Å². The van der Waals surface area contributed by atoms with Crippen LogP contribution in [0.25, 0.3) is 0 Å². The Balaban J connectivity index is 0.000000567. The van der Waals surface area contributed by atoms with Crippen molar-refractivity contribution in [2.75, 3.05) is 20.8 Å². The molecule has 0 saturated heterocycles. The van der Waals surface area contributed by atoms with Crippen LogP contribution in [0.2, 0.25) is 0 Å². The number of methoxy groups -OCH3 is 2. The van der Waals surface area contributed by atoms with E-state index in [0.29, 0.717) is 6.04 Å². The van der Waals surface area contributed by atoms with Gasteiger partial charge in [-0.1, -0.05) is 18.2 Å². The Kier molecular flexibility index (Phi) is 9.57. The molecule has 1 aromatic rings. The summed E-state index contributed by atoms with van der Waals surface area (Å²) in [6, 6.07) is 8.37. The largest absolute Gasteiger partial charge is 0.496 e. The maximum atomic E-state index is 9.10. The van der Waals surface area contributed by atoms with Crippen molar-refractivity contribution in [1.29, 1.82) is 0 Å². The van der Waals surface area contributed by atoms with Crippen LogP contribution < -0.4 is 10.1 Å². The van der Waals surface area contributed by atoms with Crippen LogP contribution in [0.5, 0.6) is 5.75 Å². The molecule has 0 amide bonds. The quantitative estimate of drug-likeness (QED) is 0.672. The van der Waals surface area contributed by atoms with Gasteiger partial charge in [0.05, 0.1) is 13.7 Å². The number of nitrogens with one attached hydrogen (secondary N) is 1. The Labute approximate surface area is 123 Å². The minimum absolute atomic E-state index is 0.347. The summed E-state index contributed by atoms with van der Waals surface area (Å²) in [6.45, 7) is 3.61. The number of benzene rings is 1. The van der Waals surface area contributed by atoms with Crippen LogP contribution in [0.3, 0.4) is 0 Å². The number of ether oxygens (including phenoxy) is 2. The van der Waals surface area contributed by atoms with Gasteiger partial charge in [0.2, 0.25) is 0 Å². The van der Waals surface area contributed by atoms with Crippen molar-refractivity contribution < 1.29 is 29.3 Å². The minimum atomic E-state index is -1.82. The number of hydrogen-bond donors (Lipinski definition) is 3.